The fraction of sp³-hybridized carbons (Fsp3) is 0.0909. The molecular weight excluding hydrogens is 257 g/mol. The number of hydrogen-bond acceptors (Lipinski definition) is 1. The summed E-state index contributed by atoms with van der Waals surface area (Å²) in [4.78, 5) is 0. The van der Waals surface area contributed by atoms with Crippen molar-refractivity contribution in [1.29, 1.82) is 0 Å². The lowest BCUT2D eigenvalue weighted by Crippen LogP contribution is -2.04. The van der Waals surface area contributed by atoms with Crippen LogP contribution < -0.4 is 0 Å². The maximum Gasteiger partial charge on any atom is 0.417 e. The minimum absolute atomic E-state index is 0.142. The third-order valence-corrected chi connectivity index (χ3v) is 3.20. The molecule has 16 heavy (non-hydrogen) atoms. The van der Waals surface area contributed by atoms with Crippen LogP contribution in [0.2, 0.25) is 5.02 Å². The van der Waals surface area contributed by atoms with Crippen molar-refractivity contribution in [2.75, 3.05) is 0 Å². The van der Waals surface area contributed by atoms with Crippen molar-refractivity contribution in [3.63, 3.8) is 0 Å². The molecule has 84 valence electrons. The van der Waals surface area contributed by atoms with Crippen molar-refractivity contribution < 1.29 is 13.2 Å². The van der Waals surface area contributed by atoms with Crippen LogP contribution in [0.3, 0.4) is 0 Å². The van der Waals surface area contributed by atoms with E-state index in [1.54, 1.807) is 24.3 Å². The van der Waals surface area contributed by atoms with Crippen LogP contribution in [0.25, 0.3) is 11.1 Å². The summed E-state index contributed by atoms with van der Waals surface area (Å²) in [6, 6.07) is 6.51. The molecule has 0 saturated carbocycles. The molecule has 0 amide bonds. The van der Waals surface area contributed by atoms with Gasteiger partial charge in [0.25, 0.3) is 0 Å². The van der Waals surface area contributed by atoms with Gasteiger partial charge in [0.2, 0.25) is 0 Å². The number of halogens is 4. The molecule has 0 aliphatic rings. The summed E-state index contributed by atoms with van der Waals surface area (Å²) in [5.41, 5.74) is -0.0774. The highest BCUT2D eigenvalue weighted by Crippen LogP contribution is 2.41. The van der Waals surface area contributed by atoms with Crippen molar-refractivity contribution >= 4 is 22.9 Å². The van der Waals surface area contributed by atoms with Gasteiger partial charge in [0.1, 0.15) is 0 Å². The Balaban J connectivity index is 2.58. The first-order valence-corrected chi connectivity index (χ1v) is 5.70. The van der Waals surface area contributed by atoms with Crippen LogP contribution in [0, 0.1) is 0 Å². The van der Waals surface area contributed by atoms with Crippen molar-refractivity contribution in [1.82, 2.24) is 0 Å². The first kappa shape index (κ1) is 11.5. The molecule has 1 heterocycles. The summed E-state index contributed by atoms with van der Waals surface area (Å²) in [5.74, 6) is 0. The molecule has 5 heteroatoms. The van der Waals surface area contributed by atoms with Crippen molar-refractivity contribution in [2.24, 2.45) is 0 Å². The van der Waals surface area contributed by atoms with Gasteiger partial charge in [-0.25, -0.2) is 0 Å². The molecule has 1 aromatic carbocycles. The Hall–Kier alpha value is -1.00. The summed E-state index contributed by atoms with van der Waals surface area (Å²) < 4.78 is 38.0. The predicted molar refractivity (Wildman–Crippen MR) is 59.8 cm³/mol. The number of hydrogen-bond donors (Lipinski definition) is 0. The molecular formula is C11H6ClF3S. The summed E-state index contributed by atoms with van der Waals surface area (Å²) >= 11 is 6.89. The largest absolute Gasteiger partial charge is 0.417 e. The molecule has 0 nitrogen and oxygen atoms in total. The monoisotopic (exact) mass is 262 g/mol. The topological polar surface area (TPSA) is 0 Å². The Kier molecular flexibility index (Phi) is 2.95. The zero-order valence-electron chi connectivity index (χ0n) is 7.88. The van der Waals surface area contributed by atoms with Gasteiger partial charge in [-0.1, -0.05) is 29.8 Å². The SMILES string of the molecule is FC(F)(F)c1cscc1-c1ccccc1Cl. The second kappa shape index (κ2) is 4.11. The molecule has 2 rings (SSSR count). The number of benzene rings is 1. The van der Waals surface area contributed by atoms with Crippen molar-refractivity contribution in [3.05, 3.63) is 45.6 Å². The van der Waals surface area contributed by atoms with E-state index < -0.39 is 11.7 Å². The molecule has 0 N–H and O–H groups in total. The third-order valence-electron chi connectivity index (χ3n) is 2.13. The minimum Gasteiger partial charge on any atom is -0.166 e. The Morgan fingerprint density at radius 2 is 1.69 bits per heavy atom. The summed E-state index contributed by atoms with van der Waals surface area (Å²) in [5, 5.41) is 2.88. The predicted octanol–water partition coefficient (Wildman–Crippen LogP) is 5.09. The maximum atomic E-state index is 12.7. The molecule has 0 atom stereocenters. The second-order valence-electron chi connectivity index (χ2n) is 3.18. The quantitative estimate of drug-likeness (QED) is 0.672. The van der Waals surface area contributed by atoms with E-state index in [1.165, 1.54) is 5.38 Å². The molecule has 0 fully saturated rings. The van der Waals surface area contributed by atoms with Gasteiger partial charge in [0, 0.05) is 21.5 Å². The third kappa shape index (κ3) is 2.08. The zero-order valence-corrected chi connectivity index (χ0v) is 9.46. The number of thiophene rings is 1. The summed E-state index contributed by atoms with van der Waals surface area (Å²) in [6.07, 6.45) is -4.34. The van der Waals surface area contributed by atoms with E-state index in [1.807, 2.05) is 0 Å². The fourth-order valence-electron chi connectivity index (χ4n) is 1.40. The first-order valence-electron chi connectivity index (χ1n) is 4.38. The highest BCUT2D eigenvalue weighted by Gasteiger charge is 2.34. The second-order valence-corrected chi connectivity index (χ2v) is 4.33. The minimum atomic E-state index is -4.34. The van der Waals surface area contributed by atoms with Gasteiger partial charge in [-0.15, -0.1) is 0 Å². The van der Waals surface area contributed by atoms with E-state index in [2.05, 4.69) is 0 Å². The standard InChI is InChI=1S/C11H6ClF3S/c12-10-4-2-1-3-7(10)8-5-16-6-9(8)11(13,14)15/h1-6H. The van der Waals surface area contributed by atoms with Gasteiger partial charge in [-0.2, -0.15) is 24.5 Å². The first-order chi connectivity index (χ1) is 7.50. The number of alkyl halides is 3. The van der Waals surface area contributed by atoms with Crippen LogP contribution in [0.4, 0.5) is 13.2 Å². The van der Waals surface area contributed by atoms with Crippen LogP contribution in [-0.4, -0.2) is 0 Å². The molecule has 0 saturated heterocycles. The molecule has 1 aromatic heterocycles. The van der Waals surface area contributed by atoms with Crippen LogP contribution in [0.15, 0.2) is 35.0 Å². The Bertz CT molecular complexity index is 502. The van der Waals surface area contributed by atoms with Gasteiger partial charge < -0.3 is 0 Å². The molecule has 0 spiro atoms. The Labute approximate surface area is 99.3 Å². The van der Waals surface area contributed by atoms with E-state index in [9.17, 15) is 13.2 Å². The molecule has 2 aromatic rings. The van der Waals surface area contributed by atoms with Crippen LogP contribution >= 0.6 is 22.9 Å². The average molecular weight is 263 g/mol. The highest BCUT2D eigenvalue weighted by molar-refractivity contribution is 7.08. The van der Waals surface area contributed by atoms with E-state index in [0.717, 1.165) is 16.7 Å². The van der Waals surface area contributed by atoms with E-state index in [-0.39, 0.29) is 5.56 Å². The lowest BCUT2D eigenvalue weighted by molar-refractivity contribution is -0.136. The molecule has 0 radical (unpaired) electrons. The molecule has 0 aliphatic heterocycles. The van der Waals surface area contributed by atoms with Gasteiger partial charge in [0.15, 0.2) is 0 Å². The van der Waals surface area contributed by atoms with Gasteiger partial charge in [-0.05, 0) is 11.4 Å². The lowest BCUT2D eigenvalue weighted by atomic mass is 10.0. The van der Waals surface area contributed by atoms with Crippen LogP contribution in [0.1, 0.15) is 5.56 Å². The normalized spacial score (nSPS) is 11.8. The summed E-state index contributed by atoms with van der Waals surface area (Å²) in [7, 11) is 0. The maximum absolute atomic E-state index is 12.7. The fourth-order valence-corrected chi connectivity index (χ4v) is 2.50. The highest BCUT2D eigenvalue weighted by atomic mass is 35.5. The van der Waals surface area contributed by atoms with Gasteiger partial charge >= 0.3 is 6.18 Å². The van der Waals surface area contributed by atoms with Gasteiger partial charge in [0.05, 0.1) is 5.56 Å². The van der Waals surface area contributed by atoms with Crippen LogP contribution in [0.5, 0.6) is 0 Å². The number of rotatable bonds is 1. The van der Waals surface area contributed by atoms with E-state index in [4.69, 9.17) is 11.6 Å². The Morgan fingerprint density at radius 1 is 1.00 bits per heavy atom. The smallest absolute Gasteiger partial charge is 0.166 e. The van der Waals surface area contributed by atoms with Gasteiger partial charge in [-0.3, -0.25) is 0 Å². The van der Waals surface area contributed by atoms with Crippen molar-refractivity contribution in [3.8, 4) is 11.1 Å². The Morgan fingerprint density at radius 3 is 2.31 bits per heavy atom. The lowest BCUT2D eigenvalue weighted by Gasteiger charge is -2.09. The molecule has 0 aliphatic carbocycles. The summed E-state index contributed by atoms with van der Waals surface area (Å²) in [6.45, 7) is 0. The van der Waals surface area contributed by atoms with E-state index >= 15 is 0 Å². The molecule has 0 bridgehead atoms. The van der Waals surface area contributed by atoms with Crippen molar-refractivity contribution in [2.45, 2.75) is 6.18 Å². The van der Waals surface area contributed by atoms with Crippen LogP contribution in [-0.2, 0) is 6.18 Å². The zero-order chi connectivity index (χ0) is 11.8. The van der Waals surface area contributed by atoms with E-state index in [0.29, 0.717) is 10.6 Å². The average Bonchev–Trinajstić information content (AvgIpc) is 2.66. The molecule has 0 unspecified atom stereocenters.